The van der Waals surface area contributed by atoms with Crippen LogP contribution < -0.4 is 5.32 Å². The molecule has 0 aliphatic heterocycles. The van der Waals surface area contributed by atoms with Crippen LogP contribution in [0, 0.1) is 0 Å². The topological polar surface area (TPSA) is 67.8 Å². The lowest BCUT2D eigenvalue weighted by molar-refractivity contribution is 0.102. The third-order valence-corrected chi connectivity index (χ3v) is 2.98. The molecule has 0 aromatic carbocycles. The van der Waals surface area contributed by atoms with Crippen molar-refractivity contribution in [3.8, 4) is 0 Å². The lowest BCUT2D eigenvalue weighted by atomic mass is 10.3. The minimum atomic E-state index is -0.259. The molecule has 5 nitrogen and oxygen atoms in total. The summed E-state index contributed by atoms with van der Waals surface area (Å²) in [5, 5.41) is 11.3. The Morgan fingerprint density at radius 1 is 1.50 bits per heavy atom. The van der Waals surface area contributed by atoms with Gasteiger partial charge in [-0.05, 0) is 12.1 Å². The van der Waals surface area contributed by atoms with Gasteiger partial charge in [0.1, 0.15) is 5.01 Å². The van der Waals surface area contributed by atoms with Crippen LogP contribution >= 0.6 is 22.9 Å². The number of nitrogens with one attached hydrogen (secondary N) is 1. The highest BCUT2D eigenvalue weighted by atomic mass is 35.5. The van der Waals surface area contributed by atoms with Crippen LogP contribution in [-0.4, -0.2) is 21.1 Å². The zero-order valence-electron chi connectivity index (χ0n) is 8.05. The number of rotatable bonds is 3. The largest absolute Gasteiger partial charge is 0.296 e. The van der Waals surface area contributed by atoms with Crippen LogP contribution in [-0.2, 0) is 5.88 Å². The van der Waals surface area contributed by atoms with E-state index in [0.717, 1.165) is 0 Å². The van der Waals surface area contributed by atoms with E-state index in [-0.39, 0.29) is 5.91 Å². The molecule has 0 atom stereocenters. The normalized spacial score (nSPS) is 10.1. The van der Waals surface area contributed by atoms with Crippen LogP contribution in [0.1, 0.15) is 15.4 Å². The summed E-state index contributed by atoms with van der Waals surface area (Å²) in [4.78, 5) is 15.5. The average molecular weight is 255 g/mol. The SMILES string of the molecule is O=C(Nc1nnc(CCl)s1)c1cccnc1. The van der Waals surface area contributed by atoms with E-state index in [1.54, 1.807) is 18.3 Å². The summed E-state index contributed by atoms with van der Waals surface area (Å²) in [6.07, 6.45) is 3.09. The summed E-state index contributed by atoms with van der Waals surface area (Å²) in [5.41, 5.74) is 0.477. The van der Waals surface area contributed by atoms with Gasteiger partial charge in [-0.15, -0.1) is 21.8 Å². The molecule has 0 unspecified atom stereocenters. The van der Waals surface area contributed by atoms with Crippen LogP contribution in [0.4, 0.5) is 5.13 Å². The lowest BCUT2D eigenvalue weighted by Crippen LogP contribution is -2.11. The van der Waals surface area contributed by atoms with Crippen molar-refractivity contribution in [1.29, 1.82) is 0 Å². The van der Waals surface area contributed by atoms with Crippen molar-refractivity contribution in [2.45, 2.75) is 5.88 Å². The molecule has 0 bridgehead atoms. The number of alkyl halides is 1. The van der Waals surface area contributed by atoms with Crippen molar-refractivity contribution in [2.24, 2.45) is 0 Å². The minimum absolute atomic E-state index is 0.259. The number of aromatic nitrogens is 3. The van der Waals surface area contributed by atoms with Crippen LogP contribution in [0.15, 0.2) is 24.5 Å². The molecule has 0 radical (unpaired) electrons. The predicted octanol–water partition coefficient (Wildman–Crippen LogP) is 1.92. The molecule has 2 rings (SSSR count). The number of hydrogen-bond acceptors (Lipinski definition) is 5. The Hall–Kier alpha value is -1.53. The summed E-state index contributed by atoms with van der Waals surface area (Å²) in [6.45, 7) is 0. The van der Waals surface area contributed by atoms with Gasteiger partial charge in [0.15, 0.2) is 0 Å². The lowest BCUT2D eigenvalue weighted by Gasteiger charge is -1.98. The van der Waals surface area contributed by atoms with Gasteiger partial charge in [0.2, 0.25) is 5.13 Å². The molecular weight excluding hydrogens is 248 g/mol. The third-order valence-electron chi connectivity index (χ3n) is 1.73. The van der Waals surface area contributed by atoms with E-state index < -0.39 is 0 Å². The zero-order valence-corrected chi connectivity index (χ0v) is 9.63. The summed E-state index contributed by atoms with van der Waals surface area (Å²) in [7, 11) is 0. The Morgan fingerprint density at radius 2 is 2.38 bits per heavy atom. The Morgan fingerprint density at radius 3 is 3.00 bits per heavy atom. The molecule has 16 heavy (non-hydrogen) atoms. The van der Waals surface area contributed by atoms with Crippen LogP contribution in [0.5, 0.6) is 0 Å². The Labute approximate surface area is 101 Å². The Balaban J connectivity index is 2.08. The molecule has 0 spiro atoms. The molecule has 1 amide bonds. The van der Waals surface area contributed by atoms with Gasteiger partial charge in [-0.1, -0.05) is 11.3 Å². The third kappa shape index (κ3) is 2.53. The quantitative estimate of drug-likeness (QED) is 0.850. The maximum Gasteiger partial charge on any atom is 0.259 e. The minimum Gasteiger partial charge on any atom is -0.296 e. The number of amides is 1. The van der Waals surface area contributed by atoms with Crippen LogP contribution in [0.3, 0.4) is 0 Å². The first-order chi connectivity index (χ1) is 7.79. The van der Waals surface area contributed by atoms with Gasteiger partial charge in [0.05, 0.1) is 11.4 Å². The van der Waals surface area contributed by atoms with E-state index in [1.165, 1.54) is 17.5 Å². The molecule has 0 aliphatic carbocycles. The fourth-order valence-corrected chi connectivity index (χ4v) is 1.83. The highest BCUT2D eigenvalue weighted by molar-refractivity contribution is 7.15. The number of anilines is 1. The second-order valence-electron chi connectivity index (χ2n) is 2.83. The first-order valence-electron chi connectivity index (χ1n) is 4.39. The highest BCUT2D eigenvalue weighted by Crippen LogP contribution is 2.17. The Bertz CT molecular complexity index is 487. The second kappa shape index (κ2) is 5.00. The number of hydrogen-bond donors (Lipinski definition) is 1. The smallest absolute Gasteiger partial charge is 0.259 e. The van der Waals surface area contributed by atoms with Gasteiger partial charge >= 0.3 is 0 Å². The van der Waals surface area contributed by atoms with Crippen molar-refractivity contribution >= 4 is 34.0 Å². The van der Waals surface area contributed by atoms with Crippen molar-refractivity contribution in [2.75, 3.05) is 5.32 Å². The summed E-state index contributed by atoms with van der Waals surface area (Å²) < 4.78 is 0. The summed E-state index contributed by atoms with van der Waals surface area (Å²) >= 11 is 6.83. The number of carbonyl (C=O) groups is 1. The maximum absolute atomic E-state index is 11.7. The van der Waals surface area contributed by atoms with E-state index in [9.17, 15) is 4.79 Å². The molecule has 0 saturated heterocycles. The zero-order chi connectivity index (χ0) is 11.4. The molecule has 82 valence electrons. The van der Waals surface area contributed by atoms with Crippen LogP contribution in [0.25, 0.3) is 0 Å². The Kier molecular flexibility index (Phi) is 3.43. The summed E-state index contributed by atoms with van der Waals surface area (Å²) in [5.74, 6) is 0.0332. The molecule has 1 N–H and O–H groups in total. The molecule has 2 aromatic rings. The van der Waals surface area contributed by atoms with Crippen molar-refractivity contribution in [3.05, 3.63) is 35.1 Å². The number of carbonyl (C=O) groups excluding carboxylic acids is 1. The van der Waals surface area contributed by atoms with Crippen molar-refractivity contribution in [3.63, 3.8) is 0 Å². The van der Waals surface area contributed by atoms with E-state index in [2.05, 4.69) is 20.5 Å². The first kappa shape index (κ1) is 11.0. The van der Waals surface area contributed by atoms with Gasteiger partial charge in [-0.25, -0.2) is 0 Å². The first-order valence-corrected chi connectivity index (χ1v) is 5.74. The van der Waals surface area contributed by atoms with Crippen molar-refractivity contribution < 1.29 is 4.79 Å². The van der Waals surface area contributed by atoms with Gasteiger partial charge in [-0.2, -0.15) is 0 Å². The van der Waals surface area contributed by atoms with E-state index >= 15 is 0 Å². The summed E-state index contributed by atoms with van der Waals surface area (Å²) in [6, 6.07) is 3.37. The van der Waals surface area contributed by atoms with Gasteiger partial charge < -0.3 is 0 Å². The number of pyridine rings is 1. The molecule has 0 aliphatic rings. The molecule has 0 saturated carbocycles. The number of nitrogens with zero attached hydrogens (tertiary/aromatic N) is 3. The fourth-order valence-electron chi connectivity index (χ4n) is 1.02. The monoisotopic (exact) mass is 254 g/mol. The molecule has 2 aromatic heterocycles. The highest BCUT2D eigenvalue weighted by Gasteiger charge is 2.09. The molecule has 7 heteroatoms. The molecule has 0 fully saturated rings. The van der Waals surface area contributed by atoms with Gasteiger partial charge in [-0.3, -0.25) is 15.1 Å². The van der Waals surface area contributed by atoms with Crippen molar-refractivity contribution in [1.82, 2.24) is 15.2 Å². The average Bonchev–Trinajstić information content (AvgIpc) is 2.78. The van der Waals surface area contributed by atoms with E-state index in [4.69, 9.17) is 11.6 Å². The maximum atomic E-state index is 11.7. The van der Waals surface area contributed by atoms with Crippen LogP contribution in [0.2, 0.25) is 0 Å². The number of halogens is 1. The van der Waals surface area contributed by atoms with E-state index in [0.29, 0.717) is 21.6 Å². The standard InChI is InChI=1S/C9H7ClN4OS/c10-4-7-13-14-9(16-7)12-8(15)6-2-1-3-11-5-6/h1-3,5H,4H2,(H,12,14,15). The van der Waals surface area contributed by atoms with Gasteiger partial charge in [0.25, 0.3) is 5.91 Å². The predicted molar refractivity (Wildman–Crippen MR) is 61.7 cm³/mol. The fraction of sp³-hybridized carbons (Fsp3) is 0.111. The van der Waals surface area contributed by atoms with E-state index in [1.807, 2.05) is 0 Å². The molecular formula is C9H7ClN4OS. The second-order valence-corrected chi connectivity index (χ2v) is 4.16. The van der Waals surface area contributed by atoms with Gasteiger partial charge in [0, 0.05) is 12.4 Å². The molecule has 2 heterocycles.